The van der Waals surface area contributed by atoms with Crippen LogP contribution in [0, 0.1) is 5.92 Å². The predicted molar refractivity (Wildman–Crippen MR) is 91.7 cm³/mol. The summed E-state index contributed by atoms with van der Waals surface area (Å²) in [6, 6.07) is -0.471. The van der Waals surface area contributed by atoms with E-state index in [1.54, 1.807) is 0 Å². The Bertz CT molecular complexity index is 487. The number of likely N-dealkylation sites (tertiary alicyclic amines) is 1. The first-order valence-electron chi connectivity index (χ1n) is 8.92. The number of nitrogens with zero attached hydrogens (tertiary/aromatic N) is 2. The van der Waals surface area contributed by atoms with E-state index in [-0.39, 0.29) is 11.7 Å². The number of amides is 1. The molecule has 0 radical (unpaired) electrons. The minimum Gasteiger partial charge on any atom is -0.341 e. The molecule has 1 atom stereocenters. The van der Waals surface area contributed by atoms with Crippen molar-refractivity contribution < 1.29 is 13.2 Å². The summed E-state index contributed by atoms with van der Waals surface area (Å²) in [4.78, 5) is 14.8. The molecule has 7 heteroatoms. The van der Waals surface area contributed by atoms with Crippen molar-refractivity contribution in [2.45, 2.75) is 51.5 Å². The lowest BCUT2D eigenvalue weighted by molar-refractivity contribution is -0.137. The maximum absolute atomic E-state index is 12.9. The zero-order chi connectivity index (χ0) is 16.9. The van der Waals surface area contributed by atoms with Gasteiger partial charge in [0.05, 0.1) is 5.75 Å². The van der Waals surface area contributed by atoms with Gasteiger partial charge >= 0.3 is 0 Å². The zero-order valence-corrected chi connectivity index (χ0v) is 15.3. The first-order valence-corrected chi connectivity index (χ1v) is 10.5. The minimum absolute atomic E-state index is 0.0206. The highest BCUT2D eigenvalue weighted by Crippen LogP contribution is 2.25. The summed E-state index contributed by atoms with van der Waals surface area (Å²) in [6.45, 7) is 4.86. The van der Waals surface area contributed by atoms with Crippen molar-refractivity contribution >= 4 is 15.9 Å². The molecule has 6 nitrogen and oxygen atoms in total. The number of hydrogen-bond donors (Lipinski definition) is 1. The summed E-state index contributed by atoms with van der Waals surface area (Å²) >= 11 is 0. The van der Waals surface area contributed by atoms with Crippen molar-refractivity contribution in [3.63, 3.8) is 0 Å². The number of carbonyl (C=O) groups excluding carboxylic acids is 1. The molecule has 0 aromatic heterocycles. The van der Waals surface area contributed by atoms with Gasteiger partial charge in [0.2, 0.25) is 15.9 Å². The summed E-state index contributed by atoms with van der Waals surface area (Å²) in [5.41, 5.74) is 0. The van der Waals surface area contributed by atoms with E-state index in [0.717, 1.165) is 45.3 Å². The van der Waals surface area contributed by atoms with Crippen LogP contribution in [-0.4, -0.2) is 68.6 Å². The average molecular weight is 346 g/mol. The monoisotopic (exact) mass is 345 g/mol. The topological polar surface area (TPSA) is 69.7 Å². The number of hydrogen-bond acceptors (Lipinski definition) is 4. The van der Waals surface area contributed by atoms with Gasteiger partial charge in [-0.1, -0.05) is 13.3 Å². The Labute approximate surface area is 140 Å². The van der Waals surface area contributed by atoms with Crippen molar-refractivity contribution in [1.29, 1.82) is 0 Å². The van der Waals surface area contributed by atoms with Crippen LogP contribution in [0.25, 0.3) is 0 Å². The number of carbonyl (C=O) groups is 1. The Kier molecular flexibility index (Phi) is 6.85. The van der Waals surface area contributed by atoms with Crippen molar-refractivity contribution in [1.82, 2.24) is 14.5 Å². The fourth-order valence-corrected chi connectivity index (χ4v) is 5.46. The van der Waals surface area contributed by atoms with Crippen LogP contribution >= 0.6 is 0 Å². The fourth-order valence-electron chi connectivity index (χ4n) is 3.72. The summed E-state index contributed by atoms with van der Waals surface area (Å²) in [7, 11) is -1.36. The summed E-state index contributed by atoms with van der Waals surface area (Å²) in [5, 5.41) is 3.19. The van der Waals surface area contributed by atoms with Crippen LogP contribution < -0.4 is 5.32 Å². The van der Waals surface area contributed by atoms with Crippen molar-refractivity contribution in [2.75, 3.05) is 39.0 Å². The van der Waals surface area contributed by atoms with Crippen LogP contribution in [0.2, 0.25) is 0 Å². The normalized spacial score (nSPS) is 24.8. The Hall–Kier alpha value is -0.660. The molecule has 0 saturated carbocycles. The highest BCUT2D eigenvalue weighted by molar-refractivity contribution is 7.89. The fraction of sp³-hybridized carbons (Fsp3) is 0.938. The third kappa shape index (κ3) is 4.67. The highest BCUT2D eigenvalue weighted by Gasteiger charge is 2.38. The maximum Gasteiger partial charge on any atom is 0.241 e. The van der Waals surface area contributed by atoms with E-state index in [9.17, 15) is 13.2 Å². The third-order valence-electron chi connectivity index (χ3n) is 4.98. The van der Waals surface area contributed by atoms with E-state index in [4.69, 9.17) is 0 Å². The molecule has 2 aliphatic heterocycles. The lowest BCUT2D eigenvalue weighted by Gasteiger charge is -2.39. The van der Waals surface area contributed by atoms with Gasteiger partial charge in [0.15, 0.2) is 0 Å². The number of sulfonamides is 1. The second kappa shape index (κ2) is 8.44. The van der Waals surface area contributed by atoms with Crippen LogP contribution in [0.5, 0.6) is 0 Å². The average Bonchev–Trinajstić information content (AvgIpc) is 2.55. The van der Waals surface area contributed by atoms with Crippen LogP contribution in [0.1, 0.15) is 45.4 Å². The Morgan fingerprint density at radius 2 is 1.83 bits per heavy atom. The quantitative estimate of drug-likeness (QED) is 0.781. The van der Waals surface area contributed by atoms with Gasteiger partial charge in [-0.2, -0.15) is 4.31 Å². The SMILES string of the molecule is CCCS(=O)(=O)N1CCCCC1C(=O)N1CCC(CNC)CC1. The van der Waals surface area contributed by atoms with E-state index < -0.39 is 16.1 Å². The molecule has 0 aromatic rings. The largest absolute Gasteiger partial charge is 0.341 e. The molecule has 1 amide bonds. The molecule has 0 bridgehead atoms. The van der Waals surface area contributed by atoms with Crippen molar-refractivity contribution in [3.8, 4) is 0 Å². The lowest BCUT2D eigenvalue weighted by atomic mass is 9.95. The molecule has 2 heterocycles. The molecule has 0 aliphatic carbocycles. The predicted octanol–water partition coefficient (Wildman–Crippen LogP) is 1.04. The smallest absolute Gasteiger partial charge is 0.241 e. The minimum atomic E-state index is -3.31. The molecule has 0 spiro atoms. The zero-order valence-electron chi connectivity index (χ0n) is 14.5. The van der Waals surface area contributed by atoms with Crippen LogP contribution in [0.15, 0.2) is 0 Å². The molecule has 134 valence electrons. The van der Waals surface area contributed by atoms with E-state index in [2.05, 4.69) is 5.32 Å². The van der Waals surface area contributed by atoms with Gasteiger partial charge in [0.25, 0.3) is 0 Å². The van der Waals surface area contributed by atoms with Gasteiger partial charge < -0.3 is 10.2 Å². The van der Waals surface area contributed by atoms with Gasteiger partial charge in [-0.25, -0.2) is 8.42 Å². The Morgan fingerprint density at radius 1 is 1.13 bits per heavy atom. The molecule has 23 heavy (non-hydrogen) atoms. The first-order chi connectivity index (χ1) is 11.0. The summed E-state index contributed by atoms with van der Waals surface area (Å²) in [6.07, 6.45) is 5.05. The first kappa shape index (κ1) is 18.7. The summed E-state index contributed by atoms with van der Waals surface area (Å²) in [5.74, 6) is 0.781. The van der Waals surface area contributed by atoms with Gasteiger partial charge in [-0.15, -0.1) is 0 Å². The van der Waals surface area contributed by atoms with Gasteiger partial charge in [0, 0.05) is 19.6 Å². The van der Waals surface area contributed by atoms with Crippen LogP contribution in [0.3, 0.4) is 0 Å². The van der Waals surface area contributed by atoms with Crippen LogP contribution in [-0.2, 0) is 14.8 Å². The molecule has 2 fully saturated rings. The Morgan fingerprint density at radius 3 is 2.43 bits per heavy atom. The van der Waals surface area contributed by atoms with Crippen LogP contribution in [0.4, 0.5) is 0 Å². The van der Waals surface area contributed by atoms with Gasteiger partial charge in [0.1, 0.15) is 6.04 Å². The number of rotatable bonds is 6. The molecular weight excluding hydrogens is 314 g/mol. The van der Waals surface area contributed by atoms with Gasteiger partial charge in [-0.05, 0) is 51.6 Å². The van der Waals surface area contributed by atoms with E-state index in [1.165, 1.54) is 4.31 Å². The molecule has 1 unspecified atom stereocenters. The third-order valence-corrected chi connectivity index (χ3v) is 7.05. The molecular formula is C16H31N3O3S. The van der Waals surface area contributed by atoms with E-state index in [0.29, 0.717) is 25.3 Å². The number of nitrogens with one attached hydrogen (secondary N) is 1. The Balaban J connectivity index is 2.02. The van der Waals surface area contributed by atoms with Crippen molar-refractivity contribution in [2.24, 2.45) is 5.92 Å². The van der Waals surface area contributed by atoms with Crippen molar-refractivity contribution in [3.05, 3.63) is 0 Å². The highest BCUT2D eigenvalue weighted by atomic mass is 32.2. The second-order valence-corrected chi connectivity index (χ2v) is 8.81. The molecule has 2 rings (SSSR count). The lowest BCUT2D eigenvalue weighted by Crippen LogP contribution is -2.54. The second-order valence-electron chi connectivity index (χ2n) is 6.76. The maximum atomic E-state index is 12.9. The van der Waals surface area contributed by atoms with E-state index >= 15 is 0 Å². The molecule has 2 saturated heterocycles. The van der Waals surface area contributed by atoms with Gasteiger partial charge in [-0.3, -0.25) is 4.79 Å². The molecule has 0 aromatic carbocycles. The number of piperidine rings is 2. The standard InChI is InChI=1S/C16H31N3O3S/c1-3-12-23(21,22)19-9-5-4-6-15(19)16(20)18-10-7-14(8-11-18)13-17-2/h14-15,17H,3-13H2,1-2H3. The molecule has 2 aliphatic rings. The molecule has 1 N–H and O–H groups in total. The summed E-state index contributed by atoms with van der Waals surface area (Å²) < 4.78 is 26.4. The van der Waals surface area contributed by atoms with E-state index in [1.807, 2.05) is 18.9 Å².